The number of carbonyl (C=O) groups excluding carboxylic acids is 1. The Morgan fingerprint density at radius 3 is 2.53 bits per heavy atom. The maximum Gasteiger partial charge on any atom is 0.229 e. The molecule has 1 unspecified atom stereocenters. The van der Waals surface area contributed by atoms with Crippen molar-refractivity contribution < 1.29 is 4.79 Å². The first kappa shape index (κ1) is 16.7. The van der Waals surface area contributed by atoms with E-state index in [0.717, 1.165) is 39.0 Å². The lowest BCUT2D eigenvalue weighted by atomic mass is 9.81. The van der Waals surface area contributed by atoms with Crippen LogP contribution in [0.1, 0.15) is 40.5 Å². The molecule has 0 radical (unpaired) electrons. The van der Waals surface area contributed by atoms with Crippen molar-refractivity contribution in [2.75, 3.05) is 26.2 Å². The van der Waals surface area contributed by atoms with Crippen molar-refractivity contribution in [1.29, 1.82) is 0 Å². The highest BCUT2D eigenvalue weighted by atomic mass is 35.5. The fourth-order valence-electron chi connectivity index (χ4n) is 2.42. The second kappa shape index (κ2) is 7.22. The van der Waals surface area contributed by atoms with Gasteiger partial charge in [0.2, 0.25) is 5.91 Å². The molecule has 1 saturated heterocycles. The summed E-state index contributed by atoms with van der Waals surface area (Å²) in [4.78, 5) is 14.5. The van der Waals surface area contributed by atoms with Gasteiger partial charge in [0.1, 0.15) is 0 Å². The van der Waals surface area contributed by atoms with Crippen LogP contribution in [0.3, 0.4) is 0 Å². The summed E-state index contributed by atoms with van der Waals surface area (Å²) >= 11 is 0. The molecule has 1 aliphatic heterocycles. The Balaban J connectivity index is 0.00000256. The summed E-state index contributed by atoms with van der Waals surface area (Å²) in [5, 5.41) is 3.34. The third-order valence-electron chi connectivity index (χ3n) is 3.37. The smallest absolute Gasteiger partial charge is 0.229 e. The largest absolute Gasteiger partial charge is 0.342 e. The average molecular weight is 263 g/mol. The van der Waals surface area contributed by atoms with Crippen molar-refractivity contribution in [2.24, 2.45) is 11.3 Å². The molecule has 1 fully saturated rings. The van der Waals surface area contributed by atoms with Gasteiger partial charge in [-0.2, -0.15) is 0 Å². The van der Waals surface area contributed by atoms with E-state index in [9.17, 15) is 4.79 Å². The van der Waals surface area contributed by atoms with Crippen LogP contribution in [0.2, 0.25) is 0 Å². The molecule has 102 valence electrons. The van der Waals surface area contributed by atoms with Crippen LogP contribution in [0.25, 0.3) is 0 Å². The standard InChI is InChI=1S/C13H26N2O.ClH/c1-5-15(9-11(2)3)12(16)13(4)7-6-8-14-10-13;/h11,14H,5-10H2,1-4H3;1H. The molecular weight excluding hydrogens is 236 g/mol. The van der Waals surface area contributed by atoms with E-state index in [1.807, 2.05) is 4.90 Å². The first-order valence-electron chi connectivity index (χ1n) is 6.49. The molecule has 3 nitrogen and oxygen atoms in total. The van der Waals surface area contributed by atoms with Gasteiger partial charge in [-0.15, -0.1) is 12.4 Å². The van der Waals surface area contributed by atoms with Crippen molar-refractivity contribution in [3.8, 4) is 0 Å². The van der Waals surface area contributed by atoms with Crippen LogP contribution < -0.4 is 5.32 Å². The van der Waals surface area contributed by atoms with Gasteiger partial charge in [0, 0.05) is 19.6 Å². The molecular formula is C13H27ClN2O. The Morgan fingerprint density at radius 1 is 1.47 bits per heavy atom. The maximum atomic E-state index is 12.5. The number of rotatable bonds is 4. The second-order valence-electron chi connectivity index (χ2n) is 5.58. The fourth-order valence-corrected chi connectivity index (χ4v) is 2.42. The van der Waals surface area contributed by atoms with Gasteiger partial charge in [0.05, 0.1) is 5.41 Å². The number of piperidine rings is 1. The molecule has 0 aliphatic carbocycles. The third kappa shape index (κ3) is 4.47. The topological polar surface area (TPSA) is 32.3 Å². The van der Waals surface area contributed by atoms with E-state index < -0.39 is 0 Å². The van der Waals surface area contributed by atoms with Crippen molar-refractivity contribution >= 4 is 18.3 Å². The number of hydrogen-bond acceptors (Lipinski definition) is 2. The van der Waals surface area contributed by atoms with Gasteiger partial charge < -0.3 is 10.2 Å². The molecule has 4 heteroatoms. The Hall–Kier alpha value is -0.280. The van der Waals surface area contributed by atoms with Crippen LogP contribution in [-0.4, -0.2) is 37.0 Å². The predicted molar refractivity (Wildman–Crippen MR) is 74.6 cm³/mol. The molecule has 1 atom stereocenters. The molecule has 0 aromatic carbocycles. The lowest BCUT2D eigenvalue weighted by Crippen LogP contribution is -2.51. The summed E-state index contributed by atoms with van der Waals surface area (Å²) in [6.45, 7) is 12.1. The average Bonchev–Trinajstić information content (AvgIpc) is 2.25. The molecule has 1 amide bonds. The zero-order valence-corrected chi connectivity index (χ0v) is 12.4. The first-order chi connectivity index (χ1) is 7.49. The molecule has 0 aromatic rings. The molecule has 0 aromatic heterocycles. The molecule has 1 heterocycles. The lowest BCUT2D eigenvalue weighted by molar-refractivity contribution is -0.142. The molecule has 1 rings (SSSR count). The summed E-state index contributed by atoms with van der Waals surface area (Å²) in [6, 6.07) is 0. The SMILES string of the molecule is CCN(CC(C)C)C(=O)C1(C)CCCNC1.Cl. The molecule has 17 heavy (non-hydrogen) atoms. The summed E-state index contributed by atoms with van der Waals surface area (Å²) in [5.41, 5.74) is -0.177. The van der Waals surface area contributed by atoms with E-state index in [0.29, 0.717) is 11.8 Å². The molecule has 0 saturated carbocycles. The summed E-state index contributed by atoms with van der Waals surface area (Å²) in [6.07, 6.45) is 2.13. The van der Waals surface area contributed by atoms with Crippen molar-refractivity contribution in [2.45, 2.75) is 40.5 Å². The minimum Gasteiger partial charge on any atom is -0.342 e. The zero-order valence-electron chi connectivity index (χ0n) is 11.6. The van der Waals surface area contributed by atoms with Gasteiger partial charge in [0.15, 0.2) is 0 Å². The number of carbonyl (C=O) groups is 1. The van der Waals surface area contributed by atoms with Crippen LogP contribution in [-0.2, 0) is 4.79 Å². The monoisotopic (exact) mass is 262 g/mol. The highest BCUT2D eigenvalue weighted by Gasteiger charge is 2.37. The van der Waals surface area contributed by atoms with E-state index in [2.05, 4.69) is 33.0 Å². The summed E-state index contributed by atoms with van der Waals surface area (Å²) < 4.78 is 0. The highest BCUT2D eigenvalue weighted by Crippen LogP contribution is 2.28. The third-order valence-corrected chi connectivity index (χ3v) is 3.37. The predicted octanol–water partition coefficient (Wildman–Crippen LogP) is 2.30. The van der Waals surface area contributed by atoms with E-state index in [4.69, 9.17) is 0 Å². The number of amides is 1. The van der Waals surface area contributed by atoms with E-state index in [1.165, 1.54) is 0 Å². The Bertz CT molecular complexity index is 238. The number of nitrogens with one attached hydrogen (secondary N) is 1. The second-order valence-corrected chi connectivity index (χ2v) is 5.58. The fraction of sp³-hybridized carbons (Fsp3) is 0.923. The van der Waals surface area contributed by atoms with E-state index in [1.54, 1.807) is 0 Å². The lowest BCUT2D eigenvalue weighted by Gasteiger charge is -2.37. The Kier molecular flexibility index (Phi) is 7.10. The first-order valence-corrected chi connectivity index (χ1v) is 6.49. The van der Waals surface area contributed by atoms with Crippen molar-refractivity contribution in [3.05, 3.63) is 0 Å². The van der Waals surface area contributed by atoms with E-state index in [-0.39, 0.29) is 17.8 Å². The Labute approximate surface area is 112 Å². The van der Waals surface area contributed by atoms with Crippen LogP contribution in [0.4, 0.5) is 0 Å². The van der Waals surface area contributed by atoms with Gasteiger partial charge in [0.25, 0.3) is 0 Å². The Morgan fingerprint density at radius 2 is 2.12 bits per heavy atom. The van der Waals surface area contributed by atoms with Gasteiger partial charge in [-0.05, 0) is 39.2 Å². The van der Waals surface area contributed by atoms with Crippen LogP contribution in [0, 0.1) is 11.3 Å². The maximum absolute atomic E-state index is 12.5. The molecule has 0 bridgehead atoms. The zero-order chi connectivity index (χ0) is 12.2. The normalized spacial score (nSPS) is 24.3. The van der Waals surface area contributed by atoms with Crippen LogP contribution in [0.15, 0.2) is 0 Å². The van der Waals surface area contributed by atoms with Gasteiger partial charge in [-0.3, -0.25) is 4.79 Å². The van der Waals surface area contributed by atoms with Crippen molar-refractivity contribution in [1.82, 2.24) is 10.2 Å². The van der Waals surface area contributed by atoms with Gasteiger partial charge in [-0.1, -0.05) is 13.8 Å². The van der Waals surface area contributed by atoms with Crippen LogP contribution >= 0.6 is 12.4 Å². The number of hydrogen-bond donors (Lipinski definition) is 1. The summed E-state index contributed by atoms with van der Waals surface area (Å²) in [5.74, 6) is 0.875. The van der Waals surface area contributed by atoms with Crippen molar-refractivity contribution in [3.63, 3.8) is 0 Å². The molecule has 0 spiro atoms. The molecule has 1 N–H and O–H groups in total. The minimum absolute atomic E-state index is 0. The van der Waals surface area contributed by atoms with Gasteiger partial charge >= 0.3 is 0 Å². The van der Waals surface area contributed by atoms with E-state index >= 15 is 0 Å². The number of halogens is 1. The van der Waals surface area contributed by atoms with Gasteiger partial charge in [-0.25, -0.2) is 0 Å². The molecule has 1 aliphatic rings. The summed E-state index contributed by atoms with van der Waals surface area (Å²) in [7, 11) is 0. The highest BCUT2D eigenvalue weighted by molar-refractivity contribution is 5.85. The quantitative estimate of drug-likeness (QED) is 0.843. The van der Waals surface area contributed by atoms with Crippen LogP contribution in [0.5, 0.6) is 0 Å². The minimum atomic E-state index is -0.177. The number of nitrogens with zero attached hydrogens (tertiary/aromatic N) is 1.